The highest BCUT2D eigenvalue weighted by Crippen LogP contribution is 2.32. The summed E-state index contributed by atoms with van der Waals surface area (Å²) in [5.41, 5.74) is 0.669. The number of fused-ring (bicyclic) bond motifs is 1. The van der Waals surface area contributed by atoms with Crippen LogP contribution < -0.4 is 10.1 Å². The minimum Gasteiger partial charge on any atom is -0.465 e. The van der Waals surface area contributed by atoms with Crippen LogP contribution in [-0.2, 0) is 11.3 Å². The van der Waals surface area contributed by atoms with E-state index in [1.165, 1.54) is 0 Å². The van der Waals surface area contributed by atoms with Crippen LogP contribution in [-0.4, -0.2) is 28.8 Å². The van der Waals surface area contributed by atoms with Crippen LogP contribution in [0.2, 0.25) is 0 Å². The van der Waals surface area contributed by atoms with Crippen LogP contribution in [0.25, 0.3) is 0 Å². The van der Waals surface area contributed by atoms with E-state index in [2.05, 4.69) is 5.32 Å². The molecule has 1 atom stereocenters. The summed E-state index contributed by atoms with van der Waals surface area (Å²) in [4.78, 5) is 23.7. The van der Waals surface area contributed by atoms with E-state index in [0.29, 0.717) is 17.9 Å². The van der Waals surface area contributed by atoms with Gasteiger partial charge in [-0.2, -0.15) is 0 Å². The van der Waals surface area contributed by atoms with E-state index in [9.17, 15) is 9.59 Å². The van der Waals surface area contributed by atoms with Crippen molar-refractivity contribution >= 4 is 11.9 Å². The Bertz CT molecular complexity index is 630. The van der Waals surface area contributed by atoms with E-state index in [-0.39, 0.29) is 5.78 Å². The van der Waals surface area contributed by atoms with Gasteiger partial charge in [0.2, 0.25) is 5.79 Å². The van der Waals surface area contributed by atoms with Crippen molar-refractivity contribution < 1.29 is 24.2 Å². The highest BCUT2D eigenvalue weighted by Gasteiger charge is 2.34. The molecule has 2 rings (SSSR count). The largest absolute Gasteiger partial charge is 0.465 e. The van der Waals surface area contributed by atoms with Gasteiger partial charge in [-0.3, -0.25) is 4.79 Å². The summed E-state index contributed by atoms with van der Waals surface area (Å²) in [6.45, 7) is 9.44. The average molecular weight is 321 g/mol. The van der Waals surface area contributed by atoms with Crippen LogP contribution in [0.1, 0.15) is 50.5 Å². The molecule has 0 radical (unpaired) electrons. The number of ether oxygens (including phenoxy) is 2. The molecule has 0 aromatic heterocycles. The van der Waals surface area contributed by atoms with Crippen molar-refractivity contribution in [2.24, 2.45) is 5.41 Å². The predicted octanol–water partition coefficient (Wildman–Crippen LogP) is 3.20. The molecule has 1 aliphatic rings. The maximum Gasteiger partial charge on any atom is 0.405 e. The molecule has 0 spiro atoms. The third-order valence-electron chi connectivity index (χ3n) is 3.67. The van der Waals surface area contributed by atoms with Gasteiger partial charge in [-0.15, -0.1) is 0 Å². The molecule has 0 saturated heterocycles. The maximum absolute atomic E-state index is 12.7. The Balaban J connectivity index is 2.31. The van der Waals surface area contributed by atoms with Crippen LogP contribution in [0.3, 0.4) is 0 Å². The molecule has 0 saturated carbocycles. The lowest BCUT2D eigenvalue weighted by Crippen LogP contribution is -2.48. The van der Waals surface area contributed by atoms with E-state index in [1.807, 2.05) is 34.6 Å². The number of benzene rings is 1. The van der Waals surface area contributed by atoms with Crippen LogP contribution in [0, 0.1) is 5.41 Å². The number of carbonyl (C=O) groups excluding carboxylic acids is 1. The Morgan fingerprint density at radius 2 is 1.96 bits per heavy atom. The third-order valence-corrected chi connectivity index (χ3v) is 3.67. The Kier molecular flexibility index (Phi) is 4.39. The average Bonchev–Trinajstić information content (AvgIpc) is 2.41. The van der Waals surface area contributed by atoms with Gasteiger partial charge in [0.1, 0.15) is 11.8 Å². The molecule has 0 aliphatic carbocycles. The lowest BCUT2D eigenvalue weighted by atomic mass is 9.82. The van der Waals surface area contributed by atoms with Gasteiger partial charge >= 0.3 is 6.09 Å². The maximum atomic E-state index is 12.7. The first-order valence-electron chi connectivity index (χ1n) is 7.49. The zero-order chi connectivity index (χ0) is 17.4. The summed E-state index contributed by atoms with van der Waals surface area (Å²) < 4.78 is 11.3. The highest BCUT2D eigenvalue weighted by molar-refractivity contribution is 6.02. The van der Waals surface area contributed by atoms with Crippen LogP contribution >= 0.6 is 0 Å². The number of nitrogens with one attached hydrogen (secondary N) is 1. The van der Waals surface area contributed by atoms with Crippen molar-refractivity contribution in [3.8, 4) is 5.75 Å². The second kappa shape index (κ2) is 5.85. The molecule has 1 aromatic carbocycles. The zero-order valence-corrected chi connectivity index (χ0v) is 14.1. The first-order chi connectivity index (χ1) is 10.5. The summed E-state index contributed by atoms with van der Waals surface area (Å²) >= 11 is 0. The molecular formula is C17H23NO5. The first-order valence-corrected chi connectivity index (χ1v) is 7.49. The van der Waals surface area contributed by atoms with Crippen molar-refractivity contribution in [3.05, 3.63) is 29.3 Å². The molecule has 1 aromatic rings. The fourth-order valence-electron chi connectivity index (χ4n) is 2.46. The molecule has 6 nitrogen and oxygen atoms in total. The minimum atomic E-state index is -1.22. The molecule has 0 bridgehead atoms. The zero-order valence-electron chi connectivity index (χ0n) is 14.1. The minimum absolute atomic E-state index is 0.271. The van der Waals surface area contributed by atoms with Crippen molar-refractivity contribution in [3.63, 3.8) is 0 Å². The number of rotatable bonds is 3. The second-order valence-corrected chi connectivity index (χ2v) is 7.23. The SMILES string of the molecule is CC1(C)OCc2cc(C(=O)C(NC(=O)O)C(C)(C)C)ccc2O1. The lowest BCUT2D eigenvalue weighted by molar-refractivity contribution is -0.180. The van der Waals surface area contributed by atoms with E-state index in [0.717, 1.165) is 5.56 Å². The number of ketones is 1. The Hall–Kier alpha value is -2.08. The normalized spacial score (nSPS) is 17.6. The van der Waals surface area contributed by atoms with E-state index in [4.69, 9.17) is 14.6 Å². The molecule has 1 amide bonds. The van der Waals surface area contributed by atoms with Gasteiger partial charge in [-0.25, -0.2) is 4.79 Å². The highest BCUT2D eigenvalue weighted by atomic mass is 16.7. The van der Waals surface area contributed by atoms with Crippen LogP contribution in [0.5, 0.6) is 5.75 Å². The molecule has 2 N–H and O–H groups in total. The summed E-state index contributed by atoms with van der Waals surface area (Å²) in [6, 6.07) is 4.26. The Labute approximate surface area is 135 Å². The fraction of sp³-hybridized carbons (Fsp3) is 0.529. The molecule has 0 fully saturated rings. The molecular weight excluding hydrogens is 298 g/mol. The molecule has 126 valence electrons. The summed E-state index contributed by atoms with van der Waals surface area (Å²) in [5.74, 6) is -0.291. The van der Waals surface area contributed by atoms with Gasteiger partial charge in [0.05, 0.1) is 6.61 Å². The number of amides is 1. The molecule has 1 unspecified atom stereocenters. The molecule has 6 heteroatoms. The van der Waals surface area contributed by atoms with Crippen molar-refractivity contribution in [2.45, 2.75) is 53.1 Å². The van der Waals surface area contributed by atoms with Gasteiger partial charge in [0, 0.05) is 25.0 Å². The van der Waals surface area contributed by atoms with E-state index >= 15 is 0 Å². The third kappa shape index (κ3) is 4.01. The molecule has 1 aliphatic heterocycles. The first kappa shape index (κ1) is 17.3. The molecule has 1 heterocycles. The van der Waals surface area contributed by atoms with Gasteiger partial charge in [-0.05, 0) is 23.6 Å². The van der Waals surface area contributed by atoms with Crippen molar-refractivity contribution in [1.82, 2.24) is 5.32 Å². The number of carboxylic acid groups (broad SMARTS) is 1. The number of carbonyl (C=O) groups is 2. The number of hydrogen-bond donors (Lipinski definition) is 2. The smallest absolute Gasteiger partial charge is 0.405 e. The monoisotopic (exact) mass is 321 g/mol. The standard InChI is InChI=1S/C17H23NO5/c1-16(2,3)14(18-15(20)21)13(19)10-6-7-12-11(8-10)9-22-17(4,5)23-12/h6-8,14,18H,9H2,1-5H3,(H,20,21). The predicted molar refractivity (Wildman–Crippen MR) is 84.7 cm³/mol. The summed E-state index contributed by atoms with van der Waals surface area (Å²) in [5, 5.41) is 11.3. The Morgan fingerprint density at radius 1 is 1.30 bits per heavy atom. The lowest BCUT2D eigenvalue weighted by Gasteiger charge is -2.33. The fourth-order valence-corrected chi connectivity index (χ4v) is 2.46. The van der Waals surface area contributed by atoms with Gasteiger partial charge in [0.25, 0.3) is 0 Å². The van der Waals surface area contributed by atoms with Gasteiger partial charge < -0.3 is 19.9 Å². The van der Waals surface area contributed by atoms with E-state index < -0.39 is 23.3 Å². The molecule has 23 heavy (non-hydrogen) atoms. The van der Waals surface area contributed by atoms with Crippen LogP contribution in [0.4, 0.5) is 4.79 Å². The van der Waals surface area contributed by atoms with Gasteiger partial charge in [-0.1, -0.05) is 20.8 Å². The quantitative estimate of drug-likeness (QED) is 0.835. The van der Waals surface area contributed by atoms with Crippen molar-refractivity contribution in [1.29, 1.82) is 0 Å². The van der Waals surface area contributed by atoms with Crippen molar-refractivity contribution in [2.75, 3.05) is 0 Å². The number of Topliss-reactive ketones (excluding diaryl/α,β-unsaturated/α-hetero) is 1. The van der Waals surface area contributed by atoms with Gasteiger partial charge in [0.15, 0.2) is 5.78 Å². The van der Waals surface area contributed by atoms with Crippen LogP contribution in [0.15, 0.2) is 18.2 Å². The number of hydrogen-bond acceptors (Lipinski definition) is 4. The summed E-state index contributed by atoms with van der Waals surface area (Å²) in [7, 11) is 0. The topological polar surface area (TPSA) is 84.9 Å². The summed E-state index contributed by atoms with van der Waals surface area (Å²) in [6.07, 6.45) is -1.22. The van der Waals surface area contributed by atoms with E-state index in [1.54, 1.807) is 18.2 Å². The second-order valence-electron chi connectivity index (χ2n) is 7.23. The Morgan fingerprint density at radius 3 is 2.52 bits per heavy atom.